The van der Waals surface area contributed by atoms with Crippen LogP contribution in [0.25, 0.3) is 10.9 Å². The predicted molar refractivity (Wildman–Crippen MR) is 132 cm³/mol. The number of carbonyl (C=O) groups is 4. The number of carboxylic acid groups (broad SMARTS) is 1. The molecule has 0 fully saturated rings. The summed E-state index contributed by atoms with van der Waals surface area (Å²) < 4.78 is 0. The van der Waals surface area contributed by atoms with E-state index in [1.165, 1.54) is 6.92 Å². The van der Waals surface area contributed by atoms with Crippen molar-refractivity contribution in [1.29, 1.82) is 0 Å². The van der Waals surface area contributed by atoms with Crippen LogP contribution in [0.15, 0.2) is 48.5 Å². The maximum atomic E-state index is 13.7. The summed E-state index contributed by atoms with van der Waals surface area (Å²) in [6.07, 6.45) is 0.291. The Morgan fingerprint density at radius 3 is 2.44 bits per heavy atom. The van der Waals surface area contributed by atoms with Gasteiger partial charge in [0.05, 0.1) is 6.04 Å². The van der Waals surface area contributed by atoms with Gasteiger partial charge in [0.1, 0.15) is 18.1 Å². The third kappa shape index (κ3) is 3.71. The molecule has 2 aliphatic heterocycles. The number of carboxylic acids is 1. The molecule has 9 nitrogen and oxygen atoms in total. The van der Waals surface area contributed by atoms with Crippen LogP contribution in [-0.2, 0) is 20.8 Å². The number of carbonyl (C=O) groups excluding carboxylic acids is 3. The molecule has 0 radical (unpaired) electrons. The van der Waals surface area contributed by atoms with Gasteiger partial charge in [-0.25, -0.2) is 0 Å². The van der Waals surface area contributed by atoms with Gasteiger partial charge in [0.15, 0.2) is 0 Å². The van der Waals surface area contributed by atoms with E-state index in [0.717, 1.165) is 27.7 Å². The number of hydrogen-bond donors (Lipinski definition) is 4. The van der Waals surface area contributed by atoms with Crippen molar-refractivity contribution >= 4 is 34.6 Å². The third-order valence-electron chi connectivity index (χ3n) is 7.13. The summed E-state index contributed by atoms with van der Waals surface area (Å²) in [4.78, 5) is 56.4. The van der Waals surface area contributed by atoms with Crippen molar-refractivity contribution in [3.8, 4) is 0 Å². The average Bonchev–Trinajstić information content (AvgIpc) is 3.37. The number of hydrogen-bond acceptors (Lipinski definition) is 4. The maximum absolute atomic E-state index is 13.7. The number of nitrogens with zero attached hydrogens (tertiary/aromatic N) is 1. The van der Waals surface area contributed by atoms with Gasteiger partial charge in [0.2, 0.25) is 11.8 Å². The molecule has 2 aliphatic rings. The Morgan fingerprint density at radius 1 is 1.03 bits per heavy atom. The van der Waals surface area contributed by atoms with Crippen molar-refractivity contribution in [2.75, 3.05) is 0 Å². The molecule has 3 amide bonds. The van der Waals surface area contributed by atoms with E-state index in [4.69, 9.17) is 5.11 Å². The highest BCUT2D eigenvalue weighted by atomic mass is 16.4. The summed E-state index contributed by atoms with van der Waals surface area (Å²) in [5, 5.41) is 15.4. The molecule has 9 heteroatoms. The average molecular weight is 489 g/mol. The number of aliphatic carboxylic acids is 1. The standard InChI is InChI=1S/C27H28N4O5/c1-13(2)21(25(33)28-14(3)27(35)36)30-24(32)20-12-18-15-8-6-7-11-19(15)29-22(18)23-16-9-4-5-10-17(16)26(34)31(20)23/h4-11,13-14,20-21,23,29H,12H2,1-3H3,(H,28,33)(H,30,32)(H,35,36)/t14-,20-,21-,23-/m0/s1. The lowest BCUT2D eigenvalue weighted by molar-refractivity contribution is -0.142. The molecule has 3 aromatic rings. The molecule has 0 spiro atoms. The molecule has 2 aromatic carbocycles. The quantitative estimate of drug-likeness (QED) is 0.423. The van der Waals surface area contributed by atoms with E-state index >= 15 is 0 Å². The molecule has 0 unspecified atom stereocenters. The van der Waals surface area contributed by atoms with Crippen molar-refractivity contribution < 1.29 is 24.3 Å². The number of benzene rings is 2. The fraction of sp³-hybridized carbons (Fsp3) is 0.333. The summed E-state index contributed by atoms with van der Waals surface area (Å²) in [5.41, 5.74) is 4.19. The van der Waals surface area contributed by atoms with Crippen LogP contribution in [0.1, 0.15) is 54.0 Å². The molecule has 0 aliphatic carbocycles. The molecule has 4 N–H and O–H groups in total. The summed E-state index contributed by atoms with van der Waals surface area (Å²) in [7, 11) is 0. The second-order valence-electron chi connectivity index (χ2n) is 9.78. The predicted octanol–water partition coefficient (Wildman–Crippen LogP) is 2.37. The summed E-state index contributed by atoms with van der Waals surface area (Å²) in [6, 6.07) is 11.9. The Balaban J connectivity index is 1.52. The highest BCUT2D eigenvalue weighted by Crippen LogP contribution is 2.46. The van der Waals surface area contributed by atoms with E-state index in [0.29, 0.717) is 12.0 Å². The van der Waals surface area contributed by atoms with Crippen molar-refractivity contribution in [1.82, 2.24) is 20.5 Å². The van der Waals surface area contributed by atoms with Crippen molar-refractivity contribution in [2.45, 2.75) is 51.4 Å². The van der Waals surface area contributed by atoms with Gasteiger partial charge in [-0.15, -0.1) is 0 Å². The normalized spacial score (nSPS) is 19.9. The molecule has 0 saturated carbocycles. The van der Waals surface area contributed by atoms with Gasteiger partial charge >= 0.3 is 5.97 Å². The Morgan fingerprint density at radius 2 is 1.72 bits per heavy atom. The second-order valence-corrected chi connectivity index (χ2v) is 9.78. The fourth-order valence-corrected chi connectivity index (χ4v) is 5.29. The van der Waals surface area contributed by atoms with Gasteiger partial charge in [0.25, 0.3) is 5.91 Å². The lowest BCUT2D eigenvalue weighted by Gasteiger charge is -2.38. The Hall–Kier alpha value is -4.14. The molecule has 36 heavy (non-hydrogen) atoms. The third-order valence-corrected chi connectivity index (χ3v) is 7.13. The largest absolute Gasteiger partial charge is 0.480 e. The first-order valence-electron chi connectivity index (χ1n) is 12.0. The van der Waals surface area contributed by atoms with Crippen LogP contribution in [0.4, 0.5) is 0 Å². The Labute approximate surface area is 207 Å². The highest BCUT2D eigenvalue weighted by molar-refractivity contribution is 6.04. The van der Waals surface area contributed by atoms with E-state index in [9.17, 15) is 19.2 Å². The van der Waals surface area contributed by atoms with Crippen LogP contribution in [0, 0.1) is 5.92 Å². The highest BCUT2D eigenvalue weighted by Gasteiger charge is 2.49. The Kier molecular flexibility index (Phi) is 5.78. The van der Waals surface area contributed by atoms with Gasteiger partial charge in [-0.3, -0.25) is 19.2 Å². The van der Waals surface area contributed by atoms with Crippen molar-refractivity contribution in [3.05, 3.63) is 70.9 Å². The number of nitrogens with one attached hydrogen (secondary N) is 3. The number of aromatic amines is 1. The van der Waals surface area contributed by atoms with E-state index < -0.39 is 42.0 Å². The first kappa shape index (κ1) is 23.6. The zero-order chi connectivity index (χ0) is 25.7. The lowest BCUT2D eigenvalue weighted by Crippen LogP contribution is -2.58. The molecule has 1 aromatic heterocycles. The minimum Gasteiger partial charge on any atom is -0.480 e. The van der Waals surface area contributed by atoms with Crippen LogP contribution >= 0.6 is 0 Å². The van der Waals surface area contributed by atoms with Crippen LogP contribution in [0.2, 0.25) is 0 Å². The minimum absolute atomic E-state index is 0.231. The zero-order valence-electron chi connectivity index (χ0n) is 20.2. The van der Waals surface area contributed by atoms with Gasteiger partial charge in [-0.2, -0.15) is 0 Å². The first-order valence-corrected chi connectivity index (χ1v) is 12.0. The second kappa shape index (κ2) is 8.82. The van der Waals surface area contributed by atoms with Crippen LogP contribution < -0.4 is 10.6 Å². The Bertz CT molecular complexity index is 1390. The van der Waals surface area contributed by atoms with E-state index in [1.807, 2.05) is 36.4 Å². The summed E-state index contributed by atoms with van der Waals surface area (Å²) >= 11 is 0. The van der Waals surface area contributed by atoms with Crippen LogP contribution in [0.3, 0.4) is 0 Å². The molecule has 186 valence electrons. The molecule has 3 heterocycles. The topological polar surface area (TPSA) is 132 Å². The lowest BCUT2D eigenvalue weighted by atomic mass is 9.89. The number of para-hydroxylation sites is 1. The molecule has 0 bridgehead atoms. The van der Waals surface area contributed by atoms with Crippen LogP contribution in [0.5, 0.6) is 0 Å². The number of fused-ring (bicyclic) bond motifs is 7. The van der Waals surface area contributed by atoms with Crippen molar-refractivity contribution in [2.24, 2.45) is 5.92 Å². The van der Waals surface area contributed by atoms with Gasteiger partial charge < -0.3 is 25.6 Å². The first-order chi connectivity index (χ1) is 17.2. The maximum Gasteiger partial charge on any atom is 0.325 e. The van der Waals surface area contributed by atoms with E-state index in [1.54, 1.807) is 30.9 Å². The summed E-state index contributed by atoms with van der Waals surface area (Å²) in [5.74, 6) is -2.73. The van der Waals surface area contributed by atoms with Crippen molar-refractivity contribution in [3.63, 3.8) is 0 Å². The van der Waals surface area contributed by atoms with Gasteiger partial charge in [0, 0.05) is 28.6 Å². The minimum atomic E-state index is -1.17. The smallest absolute Gasteiger partial charge is 0.325 e. The molecule has 0 saturated heterocycles. The van der Waals surface area contributed by atoms with E-state index in [2.05, 4.69) is 15.6 Å². The molecular weight excluding hydrogens is 460 g/mol. The van der Waals surface area contributed by atoms with Crippen LogP contribution in [-0.4, -0.2) is 56.8 Å². The van der Waals surface area contributed by atoms with Gasteiger partial charge in [-0.05, 0) is 36.1 Å². The SMILES string of the molecule is CC(C)[C@H](NC(=O)[C@@H]1Cc2c([nH]c3ccccc23)[C@@H]2c3ccccc3C(=O)N21)C(=O)N[C@@H](C)C(=O)O. The number of H-pyrrole nitrogens is 1. The van der Waals surface area contributed by atoms with Gasteiger partial charge in [-0.1, -0.05) is 50.2 Å². The number of rotatable bonds is 6. The molecule has 5 rings (SSSR count). The number of aromatic nitrogens is 1. The molecular formula is C27H28N4O5. The summed E-state index contributed by atoms with van der Waals surface area (Å²) in [6.45, 7) is 4.91. The zero-order valence-corrected chi connectivity index (χ0v) is 20.2. The monoisotopic (exact) mass is 488 g/mol. The fourth-order valence-electron chi connectivity index (χ4n) is 5.29. The number of amides is 3. The molecule has 4 atom stereocenters. The van der Waals surface area contributed by atoms with E-state index in [-0.39, 0.29) is 11.8 Å².